The monoisotopic (exact) mass is 599 g/mol. The molecule has 2 aliphatic rings. The Balaban J connectivity index is 1.00. The molecule has 214 valence electrons. The van der Waals surface area contributed by atoms with Crippen molar-refractivity contribution in [3.63, 3.8) is 0 Å². The minimum atomic E-state index is 0.810. The first-order valence-electron chi connectivity index (χ1n) is 14.8. The molecule has 1 aromatic heterocycles. The standard InChI is InChI=1S/C38H25N5OS/c1-5-13-35-31(9-1)42(32-10-2-6-14-36(32)44-35)28-19-17-26(18-20-28)30-25-41(40-39-30)27-21-23-29(24-22-27)43-33-11-3-7-15-37(33)45-38-16-8-4-12-34(38)43/h1-25H. The summed E-state index contributed by atoms with van der Waals surface area (Å²) in [6.45, 7) is 0. The molecule has 0 aliphatic carbocycles. The van der Waals surface area contributed by atoms with Crippen LogP contribution in [0.3, 0.4) is 0 Å². The van der Waals surface area contributed by atoms with Crippen LogP contribution in [0.1, 0.15) is 0 Å². The molecule has 7 aromatic rings. The van der Waals surface area contributed by atoms with E-state index in [0.717, 1.165) is 51.2 Å². The van der Waals surface area contributed by atoms with E-state index in [4.69, 9.17) is 4.74 Å². The summed E-state index contributed by atoms with van der Waals surface area (Å²) >= 11 is 1.81. The van der Waals surface area contributed by atoms with E-state index in [9.17, 15) is 0 Å². The third kappa shape index (κ3) is 4.36. The van der Waals surface area contributed by atoms with Gasteiger partial charge in [0.2, 0.25) is 0 Å². The van der Waals surface area contributed by atoms with E-state index in [1.165, 1.54) is 21.2 Å². The first kappa shape index (κ1) is 25.7. The molecule has 6 nitrogen and oxygen atoms in total. The molecule has 6 aromatic carbocycles. The van der Waals surface area contributed by atoms with Crippen molar-refractivity contribution in [3.05, 3.63) is 152 Å². The van der Waals surface area contributed by atoms with Crippen molar-refractivity contribution in [1.29, 1.82) is 0 Å². The van der Waals surface area contributed by atoms with Gasteiger partial charge in [-0.2, -0.15) is 0 Å². The zero-order valence-electron chi connectivity index (χ0n) is 24.0. The van der Waals surface area contributed by atoms with Crippen molar-refractivity contribution in [1.82, 2.24) is 15.0 Å². The van der Waals surface area contributed by atoms with E-state index in [-0.39, 0.29) is 0 Å². The van der Waals surface area contributed by atoms with Crippen molar-refractivity contribution < 1.29 is 4.74 Å². The van der Waals surface area contributed by atoms with E-state index in [2.05, 4.69) is 129 Å². The van der Waals surface area contributed by atoms with Crippen LogP contribution in [-0.2, 0) is 0 Å². The second kappa shape index (κ2) is 10.4. The number of aromatic nitrogens is 3. The maximum absolute atomic E-state index is 6.17. The Bertz CT molecular complexity index is 1950. The number of benzene rings is 6. The van der Waals surface area contributed by atoms with Crippen LogP contribution in [0.4, 0.5) is 34.1 Å². The lowest BCUT2D eigenvalue weighted by atomic mass is 10.1. The summed E-state index contributed by atoms with van der Waals surface area (Å²) in [6, 6.07) is 50.2. The van der Waals surface area contributed by atoms with Crippen LogP contribution >= 0.6 is 11.8 Å². The minimum absolute atomic E-state index is 0.810. The summed E-state index contributed by atoms with van der Waals surface area (Å²) in [5.74, 6) is 1.67. The van der Waals surface area contributed by atoms with Gasteiger partial charge in [0.25, 0.3) is 0 Å². The van der Waals surface area contributed by atoms with Crippen molar-refractivity contribution in [2.75, 3.05) is 9.80 Å². The van der Waals surface area contributed by atoms with Gasteiger partial charge in [-0.05, 0) is 84.9 Å². The largest absolute Gasteiger partial charge is 0.453 e. The highest BCUT2D eigenvalue weighted by Gasteiger charge is 2.26. The van der Waals surface area contributed by atoms with Gasteiger partial charge in [0.15, 0.2) is 11.5 Å². The van der Waals surface area contributed by atoms with Gasteiger partial charge in [-0.25, -0.2) is 4.68 Å². The highest BCUT2D eigenvalue weighted by Crippen LogP contribution is 2.52. The summed E-state index contributed by atoms with van der Waals surface area (Å²) in [6.07, 6.45) is 1.98. The van der Waals surface area contributed by atoms with Crippen molar-refractivity contribution in [2.45, 2.75) is 9.79 Å². The van der Waals surface area contributed by atoms with Crippen molar-refractivity contribution in [3.8, 4) is 28.4 Å². The van der Waals surface area contributed by atoms with Gasteiger partial charge in [-0.3, -0.25) is 0 Å². The molecule has 7 heteroatoms. The predicted molar refractivity (Wildman–Crippen MR) is 180 cm³/mol. The second-order valence-corrected chi connectivity index (χ2v) is 11.9. The van der Waals surface area contributed by atoms with Crippen molar-refractivity contribution >= 4 is 45.9 Å². The zero-order chi connectivity index (χ0) is 29.7. The normalized spacial score (nSPS) is 12.9. The fourth-order valence-corrected chi connectivity index (χ4v) is 7.08. The smallest absolute Gasteiger partial charge is 0.151 e. The average Bonchev–Trinajstić information content (AvgIpc) is 3.60. The Morgan fingerprint density at radius 2 is 0.933 bits per heavy atom. The van der Waals surface area contributed by atoms with E-state index in [0.29, 0.717) is 0 Å². The third-order valence-corrected chi connectivity index (χ3v) is 9.28. The number of ether oxygens (including phenoxy) is 1. The number of fused-ring (bicyclic) bond motifs is 4. The lowest BCUT2D eigenvalue weighted by Gasteiger charge is -2.32. The van der Waals surface area contributed by atoms with E-state index >= 15 is 0 Å². The van der Waals surface area contributed by atoms with Gasteiger partial charge < -0.3 is 14.5 Å². The number of nitrogens with zero attached hydrogens (tertiary/aromatic N) is 5. The van der Waals surface area contributed by atoms with Crippen LogP contribution in [0.25, 0.3) is 16.9 Å². The highest BCUT2D eigenvalue weighted by molar-refractivity contribution is 7.99. The molecular formula is C38H25N5OS. The first-order chi connectivity index (χ1) is 22.3. The molecule has 2 aliphatic heterocycles. The van der Waals surface area contributed by atoms with E-state index in [1.807, 2.05) is 59.0 Å². The maximum Gasteiger partial charge on any atom is 0.151 e. The molecule has 0 saturated heterocycles. The molecule has 0 N–H and O–H groups in total. The van der Waals surface area contributed by atoms with E-state index in [1.54, 1.807) is 0 Å². The lowest BCUT2D eigenvalue weighted by molar-refractivity contribution is 0.477. The fourth-order valence-electron chi connectivity index (χ4n) is 6.02. The fraction of sp³-hybridized carbons (Fsp3) is 0. The molecule has 0 fully saturated rings. The van der Waals surface area contributed by atoms with Gasteiger partial charge >= 0.3 is 0 Å². The van der Waals surface area contributed by atoms with Crippen LogP contribution in [0.5, 0.6) is 11.5 Å². The Labute approximate surface area is 264 Å². The summed E-state index contributed by atoms with van der Waals surface area (Å²) in [5.41, 5.74) is 9.28. The van der Waals surface area contributed by atoms with Crippen LogP contribution in [0.15, 0.2) is 162 Å². The SMILES string of the molecule is c1ccc2c(c1)Oc1ccccc1N2c1ccc(-c2cn(-c3ccc(N4c5ccccc5Sc5ccccc54)cc3)nn2)cc1. The lowest BCUT2D eigenvalue weighted by Crippen LogP contribution is -2.15. The quantitative estimate of drug-likeness (QED) is 0.201. The van der Waals surface area contributed by atoms with Gasteiger partial charge in [-0.15, -0.1) is 5.10 Å². The summed E-state index contributed by atoms with van der Waals surface area (Å²) in [4.78, 5) is 7.04. The van der Waals surface area contributed by atoms with E-state index < -0.39 is 0 Å². The van der Waals surface area contributed by atoms with Gasteiger partial charge in [0, 0.05) is 26.7 Å². The van der Waals surface area contributed by atoms with Crippen LogP contribution < -0.4 is 14.5 Å². The molecule has 9 rings (SSSR count). The van der Waals surface area contributed by atoms with Crippen LogP contribution in [0.2, 0.25) is 0 Å². The number of anilines is 6. The predicted octanol–water partition coefficient (Wildman–Crippen LogP) is 10.4. The molecule has 0 unspecified atom stereocenters. The van der Waals surface area contributed by atoms with Crippen LogP contribution in [-0.4, -0.2) is 15.0 Å². The van der Waals surface area contributed by atoms with Gasteiger partial charge in [0.1, 0.15) is 5.69 Å². The molecule has 0 atom stereocenters. The summed E-state index contributed by atoms with van der Waals surface area (Å²) in [5, 5.41) is 8.99. The topological polar surface area (TPSA) is 46.4 Å². The Morgan fingerprint density at radius 1 is 0.467 bits per heavy atom. The zero-order valence-corrected chi connectivity index (χ0v) is 24.8. The molecule has 0 spiro atoms. The Morgan fingerprint density at radius 3 is 1.53 bits per heavy atom. The number of para-hydroxylation sites is 6. The van der Waals surface area contributed by atoms with Gasteiger partial charge in [-0.1, -0.05) is 77.6 Å². The number of hydrogen-bond donors (Lipinski definition) is 0. The molecular weight excluding hydrogens is 575 g/mol. The number of rotatable bonds is 4. The summed E-state index contributed by atoms with van der Waals surface area (Å²) < 4.78 is 8.00. The minimum Gasteiger partial charge on any atom is -0.453 e. The average molecular weight is 600 g/mol. The van der Waals surface area contributed by atoms with Crippen molar-refractivity contribution in [2.24, 2.45) is 0 Å². The molecule has 0 saturated carbocycles. The molecule has 0 bridgehead atoms. The summed E-state index contributed by atoms with van der Waals surface area (Å²) in [7, 11) is 0. The molecule has 3 heterocycles. The third-order valence-electron chi connectivity index (χ3n) is 8.15. The molecule has 45 heavy (non-hydrogen) atoms. The number of hydrogen-bond acceptors (Lipinski definition) is 6. The molecule has 0 radical (unpaired) electrons. The first-order valence-corrected chi connectivity index (χ1v) is 15.6. The Kier molecular flexibility index (Phi) is 5.96. The highest BCUT2D eigenvalue weighted by atomic mass is 32.2. The second-order valence-electron chi connectivity index (χ2n) is 10.9. The van der Waals surface area contributed by atoms with Gasteiger partial charge in [0.05, 0.1) is 34.6 Å². The van der Waals surface area contributed by atoms with Crippen LogP contribution in [0, 0.1) is 0 Å². The Hall–Kier alpha value is -5.79. The molecule has 0 amide bonds. The maximum atomic E-state index is 6.17.